The smallest absolute Gasteiger partial charge is 0.271 e. The molecule has 2 amide bonds. The molecule has 0 N–H and O–H groups in total. The Hall–Kier alpha value is -4.15. The van der Waals surface area contributed by atoms with Crippen LogP contribution in [0.4, 0.5) is 5.69 Å². The number of nitrogens with zero attached hydrogens (tertiary/aromatic N) is 5. The highest BCUT2D eigenvalue weighted by Crippen LogP contribution is 2.55. The van der Waals surface area contributed by atoms with Crippen molar-refractivity contribution in [1.82, 2.24) is 14.7 Å². The summed E-state index contributed by atoms with van der Waals surface area (Å²) in [5.41, 5.74) is -0.789. The molecule has 46 heavy (non-hydrogen) atoms. The number of hydrogen-bond acceptors (Lipinski definition) is 9. The number of halogens is 1. The van der Waals surface area contributed by atoms with E-state index in [1.54, 1.807) is 43.3 Å². The molecule has 242 valence electrons. The molecule has 1 saturated heterocycles. The fourth-order valence-corrected chi connectivity index (χ4v) is 7.85. The number of fused-ring (bicyclic) bond motifs is 1. The van der Waals surface area contributed by atoms with Crippen LogP contribution >= 0.6 is 11.6 Å². The van der Waals surface area contributed by atoms with Gasteiger partial charge in [0.15, 0.2) is 5.54 Å². The summed E-state index contributed by atoms with van der Waals surface area (Å²) in [4.78, 5) is 34.0. The van der Waals surface area contributed by atoms with E-state index in [4.69, 9.17) is 21.1 Å². The first kappa shape index (κ1) is 33.2. The normalized spacial score (nSPS) is 19.7. The molecular weight excluding hydrogens is 630 g/mol. The molecule has 2 aliphatic heterocycles. The van der Waals surface area contributed by atoms with Crippen LogP contribution in [-0.4, -0.2) is 96.0 Å². The second kappa shape index (κ2) is 12.9. The van der Waals surface area contributed by atoms with Gasteiger partial charge in [-0.05, 0) is 81.5 Å². The minimum atomic E-state index is -4.51. The monoisotopic (exact) mass is 665 g/mol. The largest absolute Gasteiger partial charge is 0.496 e. The van der Waals surface area contributed by atoms with Crippen molar-refractivity contribution in [1.29, 1.82) is 5.26 Å². The number of benzene rings is 3. The Morgan fingerprint density at radius 1 is 1.07 bits per heavy atom. The van der Waals surface area contributed by atoms with Gasteiger partial charge in [-0.25, -0.2) is 12.7 Å². The molecule has 11 nitrogen and oxygen atoms in total. The minimum absolute atomic E-state index is 0.107. The van der Waals surface area contributed by atoms with Crippen LogP contribution in [0.1, 0.15) is 29.5 Å². The van der Waals surface area contributed by atoms with E-state index < -0.39 is 27.5 Å². The van der Waals surface area contributed by atoms with Crippen LogP contribution in [0.15, 0.2) is 65.6 Å². The van der Waals surface area contributed by atoms with Crippen LogP contribution in [0.3, 0.4) is 0 Å². The lowest BCUT2D eigenvalue weighted by Gasteiger charge is -2.42. The zero-order valence-electron chi connectivity index (χ0n) is 26.4. The Morgan fingerprint density at radius 3 is 2.41 bits per heavy atom. The summed E-state index contributed by atoms with van der Waals surface area (Å²) in [7, 11) is 4.12. The molecule has 0 saturated carbocycles. The number of hydrogen-bond donors (Lipinski definition) is 0. The third kappa shape index (κ3) is 5.58. The van der Waals surface area contributed by atoms with E-state index in [2.05, 4.69) is 0 Å². The molecule has 1 fully saturated rings. The lowest BCUT2D eigenvalue weighted by atomic mass is 9.80. The Kier molecular flexibility index (Phi) is 9.33. The topological polar surface area (TPSA) is 123 Å². The minimum Gasteiger partial charge on any atom is -0.496 e. The number of likely N-dealkylation sites (tertiary alicyclic amines) is 1. The number of sulfonamides is 1. The van der Waals surface area contributed by atoms with Gasteiger partial charge in [-0.2, -0.15) is 5.26 Å². The standard InChI is InChI=1S/C33H36ClN5O6S/c1-36(2)17-18-45-24-11-14-26(30(20-24)44-5)33(38-16-6-7-29(38)31(40)37(3)4)27-19-23(34)10-15-28(27)39(32(33)41)46(42,43)25-12-8-22(21-35)9-13-25/h8-15,19-20,29H,6-7,16-18H2,1-5H3/t29?,33-/m1/s1. The number of methoxy groups -OCH3 is 1. The van der Waals surface area contributed by atoms with Crippen molar-refractivity contribution in [3.63, 3.8) is 0 Å². The van der Waals surface area contributed by atoms with Gasteiger partial charge in [0.25, 0.3) is 15.9 Å². The zero-order valence-corrected chi connectivity index (χ0v) is 27.9. The fraction of sp³-hybridized carbons (Fsp3) is 0.364. The van der Waals surface area contributed by atoms with Crippen molar-refractivity contribution < 1.29 is 27.5 Å². The first-order valence-electron chi connectivity index (χ1n) is 14.7. The maximum Gasteiger partial charge on any atom is 0.271 e. The van der Waals surface area contributed by atoms with Gasteiger partial charge >= 0.3 is 0 Å². The van der Waals surface area contributed by atoms with Crippen molar-refractivity contribution in [2.45, 2.75) is 29.3 Å². The molecule has 2 heterocycles. The summed E-state index contributed by atoms with van der Waals surface area (Å²) < 4.78 is 41.4. The number of nitriles is 1. The molecule has 1 unspecified atom stereocenters. The van der Waals surface area contributed by atoms with E-state index in [1.807, 2.05) is 25.1 Å². The number of anilines is 1. The zero-order chi connectivity index (χ0) is 33.4. The number of amides is 2. The van der Waals surface area contributed by atoms with Gasteiger partial charge in [0.1, 0.15) is 18.1 Å². The number of likely N-dealkylation sites (N-methyl/N-ethyl adjacent to an activating group) is 2. The average molecular weight is 666 g/mol. The van der Waals surface area contributed by atoms with E-state index in [-0.39, 0.29) is 32.8 Å². The summed E-state index contributed by atoms with van der Waals surface area (Å²) in [5, 5.41) is 9.55. The number of rotatable bonds is 10. The molecule has 3 aromatic carbocycles. The predicted molar refractivity (Wildman–Crippen MR) is 174 cm³/mol. The van der Waals surface area contributed by atoms with Crippen LogP contribution < -0.4 is 13.8 Å². The molecular formula is C33H36ClN5O6S. The highest BCUT2D eigenvalue weighted by atomic mass is 35.5. The maximum atomic E-state index is 15.3. The molecule has 5 rings (SSSR count). The third-order valence-electron chi connectivity index (χ3n) is 8.36. The molecule has 2 aliphatic rings. The quantitative estimate of drug-likeness (QED) is 0.319. The number of ether oxygens (including phenoxy) is 2. The molecule has 13 heteroatoms. The van der Waals surface area contributed by atoms with Crippen LogP contribution in [0.5, 0.6) is 11.5 Å². The van der Waals surface area contributed by atoms with Crippen molar-refractivity contribution in [3.8, 4) is 17.6 Å². The van der Waals surface area contributed by atoms with E-state index in [0.29, 0.717) is 49.4 Å². The molecule has 0 aromatic heterocycles. The van der Waals surface area contributed by atoms with Crippen molar-refractivity contribution in [2.75, 3.05) is 59.3 Å². The molecule has 0 spiro atoms. The van der Waals surface area contributed by atoms with Gasteiger partial charge in [0.05, 0.1) is 35.4 Å². The number of carbonyl (C=O) groups is 2. The Balaban J connectivity index is 1.78. The van der Waals surface area contributed by atoms with E-state index in [0.717, 1.165) is 4.31 Å². The van der Waals surface area contributed by atoms with Crippen molar-refractivity contribution in [3.05, 3.63) is 82.4 Å². The number of carbonyl (C=O) groups excluding carboxylic acids is 2. The van der Waals surface area contributed by atoms with Gasteiger partial charge in [0.2, 0.25) is 5.91 Å². The second-order valence-corrected chi connectivity index (χ2v) is 13.9. The summed E-state index contributed by atoms with van der Waals surface area (Å²) in [6, 6.07) is 16.3. The fourth-order valence-electron chi connectivity index (χ4n) is 6.21. The first-order chi connectivity index (χ1) is 21.9. The molecule has 0 bridgehead atoms. The van der Waals surface area contributed by atoms with Crippen LogP contribution in [0.2, 0.25) is 5.02 Å². The SMILES string of the molecule is COc1cc(OCCN(C)C)ccc1[C@]1(N2CCCC2C(=O)N(C)C)C(=O)N(S(=O)(=O)c2ccc(C#N)cc2)c2ccc(Cl)cc21. The lowest BCUT2D eigenvalue weighted by molar-refractivity contribution is -0.138. The highest BCUT2D eigenvalue weighted by Gasteiger charge is 2.63. The Bertz CT molecular complexity index is 1810. The predicted octanol–water partition coefficient (Wildman–Crippen LogP) is 3.69. The second-order valence-electron chi connectivity index (χ2n) is 11.7. The summed E-state index contributed by atoms with van der Waals surface area (Å²) >= 11 is 6.58. The Labute approximate surface area is 274 Å². The van der Waals surface area contributed by atoms with Gasteiger partial charge in [-0.3, -0.25) is 14.5 Å². The van der Waals surface area contributed by atoms with Crippen molar-refractivity contribution >= 4 is 39.1 Å². The lowest BCUT2D eigenvalue weighted by Crippen LogP contribution is -2.59. The summed E-state index contributed by atoms with van der Waals surface area (Å²) in [5.74, 6) is -0.239. The van der Waals surface area contributed by atoms with E-state index >= 15 is 4.79 Å². The molecule has 0 aliphatic carbocycles. The molecule has 3 aromatic rings. The first-order valence-corrected chi connectivity index (χ1v) is 16.5. The molecule has 0 radical (unpaired) electrons. The van der Waals surface area contributed by atoms with Crippen molar-refractivity contribution in [2.24, 2.45) is 0 Å². The van der Waals surface area contributed by atoms with Gasteiger partial charge < -0.3 is 19.3 Å². The van der Waals surface area contributed by atoms with Gasteiger partial charge in [0, 0.05) is 49.4 Å². The van der Waals surface area contributed by atoms with Crippen LogP contribution in [0.25, 0.3) is 0 Å². The van der Waals surface area contributed by atoms with Gasteiger partial charge in [-0.1, -0.05) is 11.6 Å². The molecule has 2 atom stereocenters. The van der Waals surface area contributed by atoms with Gasteiger partial charge in [-0.15, -0.1) is 0 Å². The maximum absolute atomic E-state index is 15.3. The highest BCUT2D eigenvalue weighted by molar-refractivity contribution is 7.93. The Morgan fingerprint density at radius 2 is 1.78 bits per heavy atom. The summed E-state index contributed by atoms with van der Waals surface area (Å²) in [6.07, 6.45) is 1.05. The third-order valence-corrected chi connectivity index (χ3v) is 10.3. The van der Waals surface area contributed by atoms with E-state index in [1.165, 1.54) is 48.4 Å². The summed E-state index contributed by atoms with van der Waals surface area (Å²) in [6.45, 7) is 1.39. The average Bonchev–Trinajstić information content (AvgIpc) is 3.61. The van der Waals surface area contributed by atoms with E-state index in [9.17, 15) is 18.5 Å². The van der Waals surface area contributed by atoms with Crippen LogP contribution in [-0.2, 0) is 25.2 Å². The van der Waals surface area contributed by atoms with Crippen LogP contribution in [0, 0.1) is 11.3 Å².